The molecule has 0 radical (unpaired) electrons. The van der Waals surface area contributed by atoms with Gasteiger partial charge in [-0.1, -0.05) is 26.7 Å². The maximum Gasteiger partial charge on any atom is 0.331 e. The Balaban J connectivity index is 2.97. The first-order valence-electron chi connectivity index (χ1n) is 8.56. The van der Waals surface area contributed by atoms with E-state index < -0.39 is 26.4 Å². The molecule has 0 spiro atoms. The summed E-state index contributed by atoms with van der Waals surface area (Å²) in [7, 11) is -0.819. The Morgan fingerprint density at radius 1 is 1.19 bits per heavy atom. The number of terminal acetylenes is 1. The summed E-state index contributed by atoms with van der Waals surface area (Å²) in [6.45, 7) is 12.3. The van der Waals surface area contributed by atoms with Crippen LogP contribution in [0.3, 0.4) is 0 Å². The number of methoxy groups -OCH3 is 1. The second-order valence-corrected chi connectivity index (χ2v) is 12.5. The number of esters is 1. The predicted octanol–water partition coefficient (Wildman–Crippen LogP) is 3.35. The lowest BCUT2D eigenvalue weighted by Crippen LogP contribution is -2.54. The number of hydrogen-bond donors (Lipinski definition) is 1. The largest absolute Gasteiger partial charge is 0.467 e. The molecule has 0 bridgehead atoms. The van der Waals surface area contributed by atoms with Crippen molar-refractivity contribution in [3.63, 3.8) is 0 Å². The Hall–Kier alpha value is -2.10. The van der Waals surface area contributed by atoms with E-state index in [1.807, 2.05) is 0 Å². The topological polar surface area (TPSA) is 64.6 Å². The molecule has 6 heteroatoms. The van der Waals surface area contributed by atoms with Gasteiger partial charge in [0.05, 0.1) is 13.2 Å². The summed E-state index contributed by atoms with van der Waals surface area (Å²) in [5.41, 5.74) is 1.10. The van der Waals surface area contributed by atoms with Crippen molar-refractivity contribution in [2.75, 3.05) is 7.11 Å². The molecular formula is C20H29NO4Si. The van der Waals surface area contributed by atoms with Crippen molar-refractivity contribution in [1.82, 2.24) is 5.32 Å². The molecule has 1 amide bonds. The van der Waals surface area contributed by atoms with E-state index in [4.69, 9.17) is 15.6 Å². The first-order chi connectivity index (χ1) is 11.9. The molecule has 1 aromatic carbocycles. The molecule has 0 saturated carbocycles. The summed E-state index contributed by atoms with van der Waals surface area (Å²) in [6, 6.07) is 5.71. The van der Waals surface area contributed by atoms with Crippen LogP contribution in [0, 0.1) is 12.3 Å². The highest BCUT2D eigenvalue weighted by Crippen LogP contribution is 2.37. The van der Waals surface area contributed by atoms with Crippen LogP contribution in [0.4, 0.5) is 0 Å². The van der Waals surface area contributed by atoms with Crippen LogP contribution >= 0.6 is 0 Å². The van der Waals surface area contributed by atoms with Crippen LogP contribution < -0.4 is 5.32 Å². The lowest BCUT2D eigenvalue weighted by Gasteiger charge is -2.39. The van der Waals surface area contributed by atoms with Crippen molar-refractivity contribution >= 4 is 20.2 Å². The van der Waals surface area contributed by atoms with Gasteiger partial charge < -0.3 is 14.5 Å². The van der Waals surface area contributed by atoms with Gasteiger partial charge in [-0.25, -0.2) is 4.79 Å². The minimum Gasteiger partial charge on any atom is -0.467 e. The zero-order valence-electron chi connectivity index (χ0n) is 16.7. The van der Waals surface area contributed by atoms with Gasteiger partial charge in [-0.2, -0.15) is 0 Å². The van der Waals surface area contributed by atoms with Crippen LogP contribution in [-0.2, 0) is 14.0 Å². The Bertz CT molecular complexity index is 683. The molecule has 0 saturated heterocycles. The minimum atomic E-state index is -2.11. The monoisotopic (exact) mass is 375 g/mol. The predicted molar refractivity (Wildman–Crippen MR) is 105 cm³/mol. The molecule has 1 aromatic rings. The lowest BCUT2D eigenvalue weighted by molar-refractivity contribution is -0.145. The Morgan fingerprint density at radius 2 is 1.73 bits per heavy atom. The van der Waals surface area contributed by atoms with E-state index in [0.29, 0.717) is 11.1 Å². The first kappa shape index (κ1) is 21.9. The van der Waals surface area contributed by atoms with Gasteiger partial charge in [-0.05, 0) is 49.3 Å². The molecule has 0 aliphatic carbocycles. The SMILES string of the molecule is C#Cc1ccc(C(=O)N[C@H](C(=O)OC)C(C)O[Si](C)(C)C(C)(C)C)cc1. The van der Waals surface area contributed by atoms with Gasteiger partial charge in [-0.15, -0.1) is 6.42 Å². The standard InChI is InChI=1S/C20H29NO4Si/c1-9-15-10-12-16(13-11-15)18(22)21-17(19(23)24-6)14(2)25-26(7,8)20(3,4)5/h1,10-14,17H,2-8H3,(H,21,22)/t14?,17-/m0/s1. The zero-order valence-corrected chi connectivity index (χ0v) is 17.7. The molecule has 2 atom stereocenters. The Kier molecular flexibility index (Phi) is 7.19. The third-order valence-electron chi connectivity index (χ3n) is 4.81. The Labute approximate surface area is 157 Å². The molecule has 0 aliphatic heterocycles. The van der Waals surface area contributed by atoms with Crippen molar-refractivity contribution in [3.05, 3.63) is 35.4 Å². The van der Waals surface area contributed by atoms with Crippen LogP contribution in [0.15, 0.2) is 24.3 Å². The molecule has 0 fully saturated rings. The second kappa shape index (κ2) is 8.52. The summed E-state index contributed by atoms with van der Waals surface area (Å²) in [5, 5.41) is 2.71. The average molecular weight is 376 g/mol. The van der Waals surface area contributed by atoms with Crippen LogP contribution in [0.25, 0.3) is 0 Å². The maximum atomic E-state index is 12.5. The van der Waals surface area contributed by atoms with Crippen molar-refractivity contribution < 1.29 is 18.8 Å². The van der Waals surface area contributed by atoms with E-state index >= 15 is 0 Å². The fourth-order valence-electron chi connectivity index (χ4n) is 2.15. The molecule has 26 heavy (non-hydrogen) atoms. The smallest absolute Gasteiger partial charge is 0.331 e. The quantitative estimate of drug-likeness (QED) is 0.470. The lowest BCUT2D eigenvalue weighted by atomic mass is 10.1. The van der Waals surface area contributed by atoms with Crippen LogP contribution in [0.5, 0.6) is 0 Å². The van der Waals surface area contributed by atoms with E-state index in [2.05, 4.69) is 45.1 Å². The number of benzene rings is 1. The van der Waals surface area contributed by atoms with Gasteiger partial charge in [0.15, 0.2) is 14.4 Å². The van der Waals surface area contributed by atoms with Gasteiger partial charge in [-0.3, -0.25) is 4.79 Å². The summed E-state index contributed by atoms with van der Waals surface area (Å²) in [5.74, 6) is 1.58. The van der Waals surface area contributed by atoms with Crippen molar-refractivity contribution in [2.45, 2.75) is 58.0 Å². The maximum absolute atomic E-state index is 12.5. The third-order valence-corrected chi connectivity index (χ3v) is 9.39. The first-order valence-corrected chi connectivity index (χ1v) is 11.5. The van der Waals surface area contributed by atoms with E-state index in [0.717, 1.165) is 0 Å². The number of hydrogen-bond acceptors (Lipinski definition) is 4. The number of carbonyl (C=O) groups is 2. The number of nitrogens with one attached hydrogen (secondary N) is 1. The van der Waals surface area contributed by atoms with E-state index in [-0.39, 0.29) is 10.9 Å². The van der Waals surface area contributed by atoms with Crippen molar-refractivity contribution in [3.8, 4) is 12.3 Å². The van der Waals surface area contributed by atoms with Crippen LogP contribution in [0.2, 0.25) is 18.1 Å². The summed E-state index contributed by atoms with van der Waals surface area (Å²) < 4.78 is 11.1. The van der Waals surface area contributed by atoms with Crippen molar-refractivity contribution in [1.29, 1.82) is 0 Å². The zero-order chi connectivity index (χ0) is 20.1. The van der Waals surface area contributed by atoms with Crippen LogP contribution in [-0.4, -0.2) is 39.4 Å². The van der Waals surface area contributed by atoms with Gasteiger partial charge >= 0.3 is 5.97 Å². The summed E-state index contributed by atoms with van der Waals surface area (Å²) in [4.78, 5) is 24.8. The molecule has 5 nitrogen and oxygen atoms in total. The molecular weight excluding hydrogens is 346 g/mol. The highest BCUT2D eigenvalue weighted by Gasteiger charge is 2.41. The molecule has 0 heterocycles. The van der Waals surface area contributed by atoms with Crippen molar-refractivity contribution in [2.24, 2.45) is 0 Å². The number of carbonyl (C=O) groups excluding carboxylic acids is 2. The number of amides is 1. The second-order valence-electron chi connectivity index (χ2n) is 7.78. The number of rotatable bonds is 6. The molecule has 0 aliphatic rings. The number of ether oxygens (including phenoxy) is 1. The van der Waals surface area contributed by atoms with Gasteiger partial charge in [0.25, 0.3) is 5.91 Å². The Morgan fingerprint density at radius 3 is 2.15 bits per heavy atom. The highest BCUT2D eigenvalue weighted by atomic mass is 28.4. The van der Waals surface area contributed by atoms with E-state index in [1.165, 1.54) is 7.11 Å². The summed E-state index contributed by atoms with van der Waals surface area (Å²) in [6.07, 6.45) is 4.81. The molecule has 1 unspecified atom stereocenters. The average Bonchev–Trinajstić information content (AvgIpc) is 2.57. The third kappa shape index (κ3) is 5.45. The fourth-order valence-corrected chi connectivity index (χ4v) is 3.57. The minimum absolute atomic E-state index is 0.0169. The summed E-state index contributed by atoms with van der Waals surface area (Å²) >= 11 is 0. The normalized spacial score (nSPS) is 14.1. The van der Waals surface area contributed by atoms with Gasteiger partial charge in [0.2, 0.25) is 0 Å². The van der Waals surface area contributed by atoms with Gasteiger partial charge in [0, 0.05) is 11.1 Å². The van der Waals surface area contributed by atoms with E-state index in [1.54, 1.807) is 31.2 Å². The molecule has 1 N–H and O–H groups in total. The van der Waals surface area contributed by atoms with Crippen LogP contribution in [0.1, 0.15) is 43.6 Å². The molecule has 1 rings (SSSR count). The molecule has 0 aromatic heterocycles. The fraction of sp³-hybridized carbons (Fsp3) is 0.500. The van der Waals surface area contributed by atoms with Gasteiger partial charge in [0.1, 0.15) is 0 Å². The van der Waals surface area contributed by atoms with E-state index in [9.17, 15) is 9.59 Å². The molecule has 142 valence electrons. The highest BCUT2D eigenvalue weighted by molar-refractivity contribution is 6.74.